The molecule has 1 aliphatic rings. The highest BCUT2D eigenvalue weighted by molar-refractivity contribution is 7.80. The monoisotopic (exact) mass is 335 g/mol. The number of carbonyl (C=O) groups is 2. The van der Waals surface area contributed by atoms with E-state index in [4.69, 9.17) is 12.2 Å². The van der Waals surface area contributed by atoms with Crippen LogP contribution in [0.1, 0.15) is 12.5 Å². The van der Waals surface area contributed by atoms with Crippen molar-refractivity contribution in [2.24, 2.45) is 0 Å². The molecule has 0 saturated carbocycles. The van der Waals surface area contributed by atoms with E-state index in [1.54, 1.807) is 19.1 Å². The predicted octanol–water partition coefficient (Wildman–Crippen LogP) is 0.394. The minimum absolute atomic E-state index is 0.229. The highest BCUT2D eigenvalue weighted by atomic mass is 32.1. The van der Waals surface area contributed by atoms with Crippen LogP contribution in [-0.2, 0) is 10.3 Å². The maximum Gasteiger partial charge on any atom is 0.344 e. The van der Waals surface area contributed by atoms with E-state index in [0.29, 0.717) is 12.1 Å². The smallest absolute Gasteiger partial charge is 0.344 e. The first kappa shape index (κ1) is 17.2. The number of rotatable bonds is 5. The summed E-state index contributed by atoms with van der Waals surface area (Å²) < 4.78 is 0. The van der Waals surface area contributed by atoms with Crippen LogP contribution in [0.3, 0.4) is 0 Å². The summed E-state index contributed by atoms with van der Waals surface area (Å²) in [5.74, 6) is -0.398. The molecule has 1 saturated heterocycles. The van der Waals surface area contributed by atoms with Gasteiger partial charge in [-0.25, -0.2) is 4.79 Å². The van der Waals surface area contributed by atoms with Crippen LogP contribution in [0.4, 0.5) is 4.79 Å². The van der Waals surface area contributed by atoms with Gasteiger partial charge in [0, 0.05) is 13.1 Å². The Bertz CT molecular complexity index is 607. The van der Waals surface area contributed by atoms with Gasteiger partial charge in [0.05, 0.1) is 0 Å². The van der Waals surface area contributed by atoms with Gasteiger partial charge in [-0.15, -0.1) is 0 Å². The van der Waals surface area contributed by atoms with Crippen molar-refractivity contribution >= 4 is 29.3 Å². The van der Waals surface area contributed by atoms with Crippen LogP contribution in [0.5, 0.6) is 0 Å². The Morgan fingerprint density at radius 1 is 1.30 bits per heavy atom. The third-order valence-electron chi connectivity index (χ3n) is 3.60. The molecule has 0 spiro atoms. The van der Waals surface area contributed by atoms with E-state index in [1.165, 1.54) is 0 Å². The van der Waals surface area contributed by atoms with Gasteiger partial charge in [-0.2, -0.15) is 5.01 Å². The molecule has 8 heteroatoms. The zero-order valence-electron chi connectivity index (χ0n) is 13.4. The Balaban J connectivity index is 2.03. The molecule has 3 N–H and O–H groups in total. The highest BCUT2D eigenvalue weighted by Gasteiger charge is 2.49. The number of benzene rings is 1. The number of imide groups is 1. The maximum absolute atomic E-state index is 12.6. The summed E-state index contributed by atoms with van der Waals surface area (Å²) in [5.41, 5.74) is 2.26. The fraction of sp³-hybridized carbons (Fsp3) is 0.400. The summed E-state index contributed by atoms with van der Waals surface area (Å²) in [6.07, 6.45) is 0. The fourth-order valence-corrected chi connectivity index (χ4v) is 2.44. The van der Waals surface area contributed by atoms with E-state index in [-0.39, 0.29) is 5.11 Å². The molecule has 0 unspecified atom stereocenters. The topological polar surface area (TPSA) is 76.7 Å². The summed E-state index contributed by atoms with van der Waals surface area (Å²) in [6, 6.07) is 8.57. The Morgan fingerprint density at radius 2 is 1.96 bits per heavy atom. The van der Waals surface area contributed by atoms with Crippen LogP contribution in [-0.4, -0.2) is 54.1 Å². The van der Waals surface area contributed by atoms with Gasteiger partial charge in [0.1, 0.15) is 5.54 Å². The maximum atomic E-state index is 12.6. The van der Waals surface area contributed by atoms with Gasteiger partial charge in [0.25, 0.3) is 5.91 Å². The van der Waals surface area contributed by atoms with E-state index in [9.17, 15) is 9.59 Å². The van der Waals surface area contributed by atoms with E-state index in [0.717, 1.165) is 11.6 Å². The molecule has 1 aliphatic heterocycles. The first-order chi connectivity index (χ1) is 10.8. The molecule has 7 nitrogen and oxygen atoms in total. The molecule has 1 aromatic carbocycles. The molecule has 124 valence electrons. The van der Waals surface area contributed by atoms with Crippen LogP contribution in [0.15, 0.2) is 30.3 Å². The molecule has 23 heavy (non-hydrogen) atoms. The molecule has 3 amide bonds. The lowest BCUT2D eigenvalue weighted by atomic mass is 9.92. The summed E-state index contributed by atoms with van der Waals surface area (Å²) in [5, 5.41) is 6.80. The number of nitrogens with zero attached hydrogens (tertiary/aromatic N) is 2. The standard InChI is InChI=1S/C15H21N5O2S/c1-15(11-7-5-4-6-8-11)12(21)20(14(22)17-15)18-13(23)16-9-10-19(2)3/h4-8H,9-10H2,1-3H3,(H,17,22)(H2,16,18,23)/t15-/m1/s1. The van der Waals surface area contributed by atoms with Crippen LogP contribution < -0.4 is 16.1 Å². The van der Waals surface area contributed by atoms with Gasteiger partial charge in [-0.05, 0) is 38.8 Å². The van der Waals surface area contributed by atoms with Gasteiger partial charge < -0.3 is 15.5 Å². The van der Waals surface area contributed by atoms with Crippen molar-refractivity contribution in [2.45, 2.75) is 12.5 Å². The lowest BCUT2D eigenvalue weighted by molar-refractivity contribution is -0.132. The van der Waals surface area contributed by atoms with Crippen LogP contribution in [0.2, 0.25) is 0 Å². The van der Waals surface area contributed by atoms with Gasteiger partial charge in [0.15, 0.2) is 5.11 Å². The molecule has 0 aliphatic carbocycles. The van der Waals surface area contributed by atoms with Gasteiger partial charge in [-0.1, -0.05) is 30.3 Å². The average Bonchev–Trinajstić information content (AvgIpc) is 2.72. The zero-order valence-corrected chi connectivity index (χ0v) is 14.2. The van der Waals surface area contributed by atoms with Crippen molar-refractivity contribution in [3.8, 4) is 0 Å². The number of nitrogens with one attached hydrogen (secondary N) is 3. The Kier molecular flexibility index (Phi) is 5.17. The van der Waals surface area contributed by atoms with E-state index in [1.807, 2.05) is 37.2 Å². The van der Waals surface area contributed by atoms with Crippen molar-refractivity contribution in [1.29, 1.82) is 0 Å². The van der Waals surface area contributed by atoms with E-state index in [2.05, 4.69) is 16.1 Å². The summed E-state index contributed by atoms with van der Waals surface area (Å²) in [6.45, 7) is 3.06. The third kappa shape index (κ3) is 3.77. The van der Waals surface area contributed by atoms with E-state index >= 15 is 0 Å². The van der Waals surface area contributed by atoms with Gasteiger partial charge in [-0.3, -0.25) is 10.2 Å². The second-order valence-electron chi connectivity index (χ2n) is 5.73. The summed E-state index contributed by atoms with van der Waals surface area (Å²) in [4.78, 5) is 26.8. The fourth-order valence-electron chi connectivity index (χ4n) is 2.24. The van der Waals surface area contributed by atoms with Crippen LogP contribution in [0.25, 0.3) is 0 Å². The number of hydrazine groups is 1. The molecule has 0 radical (unpaired) electrons. The lowest BCUT2D eigenvalue weighted by Crippen LogP contribution is -2.51. The Hall–Kier alpha value is -2.19. The third-order valence-corrected chi connectivity index (χ3v) is 3.84. The Morgan fingerprint density at radius 3 is 2.57 bits per heavy atom. The average molecular weight is 335 g/mol. The summed E-state index contributed by atoms with van der Waals surface area (Å²) >= 11 is 5.13. The van der Waals surface area contributed by atoms with Crippen LogP contribution >= 0.6 is 12.2 Å². The normalized spacial score (nSPS) is 20.6. The minimum atomic E-state index is -1.11. The van der Waals surface area contributed by atoms with E-state index < -0.39 is 17.5 Å². The first-order valence-electron chi connectivity index (χ1n) is 7.26. The zero-order chi connectivity index (χ0) is 17.0. The molecule has 0 bridgehead atoms. The predicted molar refractivity (Wildman–Crippen MR) is 91.5 cm³/mol. The molecule has 1 fully saturated rings. The number of likely N-dealkylation sites (N-methyl/N-ethyl adjacent to an activating group) is 1. The first-order valence-corrected chi connectivity index (χ1v) is 7.67. The Labute approximate surface area is 141 Å². The summed E-state index contributed by atoms with van der Waals surface area (Å²) in [7, 11) is 3.89. The molecular formula is C15H21N5O2S. The molecule has 1 atom stereocenters. The second kappa shape index (κ2) is 6.93. The quantitative estimate of drug-likeness (QED) is 0.534. The largest absolute Gasteiger partial charge is 0.360 e. The SMILES string of the molecule is CN(C)CCNC(=S)NN1C(=O)N[C@](C)(c2ccccc2)C1=O. The molecule has 0 aromatic heterocycles. The highest BCUT2D eigenvalue weighted by Crippen LogP contribution is 2.27. The molecular weight excluding hydrogens is 314 g/mol. The molecule has 2 rings (SSSR count). The molecule has 1 heterocycles. The van der Waals surface area contributed by atoms with Crippen molar-refractivity contribution in [3.63, 3.8) is 0 Å². The number of amides is 3. The lowest BCUT2D eigenvalue weighted by Gasteiger charge is -2.22. The van der Waals surface area contributed by atoms with Gasteiger partial charge in [0.2, 0.25) is 0 Å². The van der Waals surface area contributed by atoms with Gasteiger partial charge >= 0.3 is 6.03 Å². The second-order valence-corrected chi connectivity index (χ2v) is 6.14. The van der Waals surface area contributed by atoms with Crippen molar-refractivity contribution in [3.05, 3.63) is 35.9 Å². The number of hydrogen-bond acceptors (Lipinski definition) is 4. The number of thiocarbonyl (C=S) groups is 1. The van der Waals surface area contributed by atoms with Crippen LogP contribution in [0, 0.1) is 0 Å². The minimum Gasteiger partial charge on any atom is -0.360 e. The van der Waals surface area contributed by atoms with Crippen molar-refractivity contribution < 1.29 is 9.59 Å². The molecule has 1 aromatic rings. The van der Waals surface area contributed by atoms with Crippen molar-refractivity contribution in [1.82, 2.24) is 26.0 Å². The number of carbonyl (C=O) groups excluding carboxylic acids is 2. The van der Waals surface area contributed by atoms with Crippen molar-refractivity contribution in [2.75, 3.05) is 27.2 Å². The number of hydrogen-bond donors (Lipinski definition) is 3. The number of urea groups is 1.